The molecule has 1 unspecified atom stereocenters. The number of fused-ring (bicyclic) bond motifs is 1. The van der Waals surface area contributed by atoms with Crippen LogP contribution < -0.4 is 10.1 Å². The van der Waals surface area contributed by atoms with E-state index >= 15 is 0 Å². The monoisotopic (exact) mass is 316 g/mol. The van der Waals surface area contributed by atoms with E-state index in [4.69, 9.17) is 4.74 Å². The Morgan fingerprint density at radius 2 is 1.88 bits per heavy atom. The lowest BCUT2D eigenvalue weighted by Gasteiger charge is -2.26. The summed E-state index contributed by atoms with van der Waals surface area (Å²) in [6.45, 7) is 0. The molecule has 1 aliphatic rings. The summed E-state index contributed by atoms with van der Waals surface area (Å²) in [5, 5.41) is 11.7. The van der Waals surface area contributed by atoms with Crippen molar-refractivity contribution in [2.45, 2.75) is 6.10 Å². The fourth-order valence-corrected chi connectivity index (χ4v) is 2.61. The highest BCUT2D eigenvalue weighted by Gasteiger charge is 2.24. The first-order valence-electron chi connectivity index (χ1n) is 7.59. The van der Waals surface area contributed by atoms with Crippen LogP contribution in [0.15, 0.2) is 71.8 Å². The molecular weight excluding hydrogens is 300 g/mol. The van der Waals surface area contributed by atoms with Gasteiger partial charge in [-0.2, -0.15) is 5.26 Å². The zero-order chi connectivity index (χ0) is 16.9. The summed E-state index contributed by atoms with van der Waals surface area (Å²) in [6.07, 6.45) is 3.18. The van der Waals surface area contributed by atoms with Crippen LogP contribution >= 0.6 is 0 Å². The van der Waals surface area contributed by atoms with Gasteiger partial charge in [0.25, 0.3) is 5.91 Å². The van der Waals surface area contributed by atoms with E-state index in [9.17, 15) is 10.1 Å². The van der Waals surface area contributed by atoms with Crippen LogP contribution in [0.5, 0.6) is 5.75 Å². The summed E-state index contributed by atoms with van der Waals surface area (Å²) in [4.78, 5) is 11.8. The normalized spacial score (nSPS) is 16.2. The lowest BCUT2D eigenvalue weighted by atomic mass is 9.94. The van der Waals surface area contributed by atoms with E-state index in [1.807, 2.05) is 66.7 Å². The molecule has 0 bridgehead atoms. The van der Waals surface area contributed by atoms with E-state index < -0.39 is 5.91 Å². The van der Waals surface area contributed by atoms with Crippen molar-refractivity contribution in [3.05, 3.63) is 82.9 Å². The van der Waals surface area contributed by atoms with E-state index in [0.29, 0.717) is 0 Å². The van der Waals surface area contributed by atoms with E-state index in [2.05, 4.69) is 5.32 Å². The Bertz CT molecular complexity index is 861. The summed E-state index contributed by atoms with van der Waals surface area (Å²) in [5.74, 6) is 0.367. The number of hydrogen-bond acceptors (Lipinski definition) is 3. The first-order chi connectivity index (χ1) is 11.7. The van der Waals surface area contributed by atoms with Crippen molar-refractivity contribution in [2.75, 3.05) is 7.05 Å². The van der Waals surface area contributed by atoms with Crippen LogP contribution in [-0.2, 0) is 4.79 Å². The highest BCUT2D eigenvalue weighted by Crippen LogP contribution is 2.38. The largest absolute Gasteiger partial charge is 0.480 e. The lowest BCUT2D eigenvalue weighted by Crippen LogP contribution is -2.20. The number of amides is 1. The average molecular weight is 316 g/mol. The lowest BCUT2D eigenvalue weighted by molar-refractivity contribution is -0.116. The third-order valence-corrected chi connectivity index (χ3v) is 3.79. The van der Waals surface area contributed by atoms with Crippen molar-refractivity contribution in [1.29, 1.82) is 5.26 Å². The number of nitriles is 1. The van der Waals surface area contributed by atoms with E-state index in [1.54, 1.807) is 6.08 Å². The van der Waals surface area contributed by atoms with Crippen LogP contribution in [0.25, 0.3) is 6.08 Å². The molecule has 0 aromatic heterocycles. The fraction of sp³-hybridized carbons (Fsp3) is 0.100. The molecule has 0 radical (unpaired) electrons. The summed E-state index contributed by atoms with van der Waals surface area (Å²) in [7, 11) is 1.50. The van der Waals surface area contributed by atoms with Gasteiger partial charge < -0.3 is 10.1 Å². The maximum atomic E-state index is 11.8. The van der Waals surface area contributed by atoms with Crippen LogP contribution in [0.3, 0.4) is 0 Å². The van der Waals surface area contributed by atoms with E-state index in [0.717, 1.165) is 22.4 Å². The van der Waals surface area contributed by atoms with Crippen LogP contribution in [0.4, 0.5) is 0 Å². The molecule has 3 rings (SSSR count). The molecule has 1 atom stereocenters. The molecule has 4 heteroatoms. The first-order valence-corrected chi connectivity index (χ1v) is 7.59. The predicted octanol–water partition coefficient (Wildman–Crippen LogP) is 3.40. The summed E-state index contributed by atoms with van der Waals surface area (Å²) in [6, 6.07) is 19.4. The van der Waals surface area contributed by atoms with Gasteiger partial charge in [0.1, 0.15) is 23.5 Å². The topological polar surface area (TPSA) is 62.1 Å². The standard InChI is InChI=1S/C20H16N2O2/c1-22-20(23)17(13-21)12-16-11-15-9-5-6-10-18(15)24-19(16)14-7-3-2-4-8-14/h2-12,19H,1H3,(H,22,23). The van der Waals surface area contributed by atoms with Crippen LogP contribution in [0.2, 0.25) is 0 Å². The van der Waals surface area contributed by atoms with Crippen molar-refractivity contribution in [3.63, 3.8) is 0 Å². The van der Waals surface area contributed by atoms with Crippen LogP contribution in [0.1, 0.15) is 17.2 Å². The summed E-state index contributed by atoms with van der Waals surface area (Å²) >= 11 is 0. The van der Waals surface area contributed by atoms with Gasteiger partial charge >= 0.3 is 0 Å². The Morgan fingerprint density at radius 1 is 1.17 bits per heavy atom. The molecular formula is C20H16N2O2. The molecule has 0 aliphatic carbocycles. The van der Waals surface area contributed by atoms with Crippen molar-refractivity contribution < 1.29 is 9.53 Å². The molecule has 1 N–H and O–H groups in total. The van der Waals surface area contributed by atoms with E-state index in [1.165, 1.54) is 7.05 Å². The SMILES string of the molecule is CNC(=O)C(C#N)=CC1=Cc2ccccc2OC1c1ccccc1. The number of carbonyl (C=O) groups excluding carboxylic acids is 1. The molecule has 4 nitrogen and oxygen atoms in total. The van der Waals surface area contributed by atoms with Gasteiger partial charge in [-0.15, -0.1) is 0 Å². The van der Waals surface area contributed by atoms with Gasteiger partial charge in [-0.1, -0.05) is 48.5 Å². The molecule has 0 fully saturated rings. The van der Waals surface area contributed by atoms with Crippen LogP contribution in [0, 0.1) is 11.3 Å². The molecule has 0 saturated carbocycles. The number of hydrogen-bond donors (Lipinski definition) is 1. The van der Waals surface area contributed by atoms with Crippen LogP contribution in [-0.4, -0.2) is 13.0 Å². The van der Waals surface area contributed by atoms with Gasteiger partial charge in [0.15, 0.2) is 0 Å². The third-order valence-electron chi connectivity index (χ3n) is 3.79. The molecule has 1 aliphatic heterocycles. The Kier molecular flexibility index (Phi) is 4.44. The maximum Gasteiger partial charge on any atom is 0.261 e. The van der Waals surface area contributed by atoms with Crippen molar-refractivity contribution >= 4 is 12.0 Å². The number of benzene rings is 2. The molecule has 0 spiro atoms. The highest BCUT2D eigenvalue weighted by molar-refractivity contribution is 5.97. The minimum atomic E-state index is -0.413. The fourth-order valence-electron chi connectivity index (χ4n) is 2.61. The van der Waals surface area contributed by atoms with Gasteiger partial charge in [-0.3, -0.25) is 4.79 Å². The quantitative estimate of drug-likeness (QED) is 0.697. The van der Waals surface area contributed by atoms with Crippen molar-refractivity contribution in [2.24, 2.45) is 0 Å². The number of likely N-dealkylation sites (N-methyl/N-ethyl adjacent to an activating group) is 1. The summed E-state index contributed by atoms with van der Waals surface area (Å²) < 4.78 is 6.14. The minimum Gasteiger partial charge on any atom is -0.480 e. The van der Waals surface area contributed by atoms with Crippen molar-refractivity contribution in [1.82, 2.24) is 5.32 Å². The molecule has 118 valence electrons. The van der Waals surface area contributed by atoms with Gasteiger partial charge in [0.05, 0.1) is 0 Å². The van der Waals surface area contributed by atoms with E-state index in [-0.39, 0.29) is 11.7 Å². The number of carbonyl (C=O) groups is 1. The second kappa shape index (κ2) is 6.84. The van der Waals surface area contributed by atoms with Gasteiger partial charge in [0.2, 0.25) is 0 Å². The highest BCUT2D eigenvalue weighted by atomic mass is 16.5. The minimum absolute atomic E-state index is 0.0488. The zero-order valence-corrected chi connectivity index (χ0v) is 13.2. The number of rotatable bonds is 3. The van der Waals surface area contributed by atoms with Gasteiger partial charge in [0, 0.05) is 12.6 Å². The third kappa shape index (κ3) is 3.06. The first kappa shape index (κ1) is 15.6. The molecule has 0 saturated heterocycles. The molecule has 24 heavy (non-hydrogen) atoms. The Balaban J connectivity index is 2.10. The number of nitrogens with one attached hydrogen (secondary N) is 1. The molecule has 1 amide bonds. The number of para-hydroxylation sites is 1. The molecule has 2 aromatic carbocycles. The predicted molar refractivity (Wildman–Crippen MR) is 92.0 cm³/mol. The Labute approximate surface area is 140 Å². The Hall–Kier alpha value is -3.32. The number of nitrogens with zero attached hydrogens (tertiary/aromatic N) is 1. The average Bonchev–Trinajstić information content (AvgIpc) is 2.65. The van der Waals surface area contributed by atoms with Gasteiger partial charge in [-0.25, -0.2) is 0 Å². The molecule has 1 heterocycles. The Morgan fingerprint density at radius 3 is 2.58 bits per heavy atom. The smallest absolute Gasteiger partial charge is 0.261 e. The van der Waals surface area contributed by atoms with Gasteiger partial charge in [-0.05, 0) is 29.4 Å². The molecule has 2 aromatic rings. The van der Waals surface area contributed by atoms with Crippen molar-refractivity contribution in [3.8, 4) is 11.8 Å². The zero-order valence-electron chi connectivity index (χ0n) is 13.2. The maximum absolute atomic E-state index is 11.8. The second-order valence-corrected chi connectivity index (χ2v) is 5.34. The second-order valence-electron chi connectivity index (χ2n) is 5.34. The number of ether oxygens (including phenoxy) is 1. The summed E-state index contributed by atoms with van der Waals surface area (Å²) in [5.41, 5.74) is 2.70.